The van der Waals surface area contributed by atoms with Crippen molar-refractivity contribution in [1.29, 1.82) is 0 Å². The standard InChI is InChI=1S/C13H19BrFNO/c1-10(2)16(4-5-17-3)9-11-6-12(14)8-13(15)7-11/h6-8,10H,4-5,9H2,1-3H3. The molecule has 0 amide bonds. The molecule has 0 bridgehead atoms. The quantitative estimate of drug-likeness (QED) is 0.798. The second-order valence-electron chi connectivity index (χ2n) is 4.33. The van der Waals surface area contributed by atoms with Crippen molar-refractivity contribution in [3.05, 3.63) is 34.1 Å². The first-order valence-electron chi connectivity index (χ1n) is 5.71. The van der Waals surface area contributed by atoms with E-state index < -0.39 is 0 Å². The highest BCUT2D eigenvalue weighted by atomic mass is 79.9. The Morgan fingerprint density at radius 2 is 2.06 bits per heavy atom. The fourth-order valence-electron chi connectivity index (χ4n) is 1.67. The van der Waals surface area contributed by atoms with Crippen LogP contribution >= 0.6 is 15.9 Å². The summed E-state index contributed by atoms with van der Waals surface area (Å²) < 4.78 is 19.1. The monoisotopic (exact) mass is 303 g/mol. The van der Waals surface area contributed by atoms with Gasteiger partial charge in [0.15, 0.2) is 0 Å². The number of hydrogen-bond acceptors (Lipinski definition) is 2. The summed E-state index contributed by atoms with van der Waals surface area (Å²) in [4.78, 5) is 2.25. The Kier molecular flexibility index (Phi) is 6.09. The van der Waals surface area contributed by atoms with Gasteiger partial charge in [-0.05, 0) is 37.6 Å². The van der Waals surface area contributed by atoms with E-state index in [4.69, 9.17) is 4.74 Å². The van der Waals surface area contributed by atoms with Crippen molar-refractivity contribution in [2.24, 2.45) is 0 Å². The zero-order valence-corrected chi connectivity index (χ0v) is 12.1. The van der Waals surface area contributed by atoms with Gasteiger partial charge in [0, 0.05) is 30.7 Å². The molecule has 0 aliphatic carbocycles. The summed E-state index contributed by atoms with van der Waals surface area (Å²) in [5, 5.41) is 0. The first-order chi connectivity index (χ1) is 8.02. The number of halogens is 2. The molecule has 0 aromatic heterocycles. The van der Waals surface area contributed by atoms with Gasteiger partial charge < -0.3 is 4.74 Å². The Balaban J connectivity index is 2.71. The minimum atomic E-state index is -0.204. The van der Waals surface area contributed by atoms with Crippen LogP contribution in [-0.2, 0) is 11.3 Å². The van der Waals surface area contributed by atoms with Crippen molar-refractivity contribution in [2.75, 3.05) is 20.3 Å². The lowest BCUT2D eigenvalue weighted by Gasteiger charge is -2.26. The number of ether oxygens (including phenoxy) is 1. The topological polar surface area (TPSA) is 12.5 Å². The molecule has 0 unspecified atom stereocenters. The van der Waals surface area contributed by atoms with Crippen LogP contribution in [0.1, 0.15) is 19.4 Å². The molecule has 0 radical (unpaired) electrons. The lowest BCUT2D eigenvalue weighted by atomic mass is 10.2. The van der Waals surface area contributed by atoms with Gasteiger partial charge in [0.2, 0.25) is 0 Å². The van der Waals surface area contributed by atoms with Crippen LogP contribution in [0.3, 0.4) is 0 Å². The SMILES string of the molecule is COCCN(Cc1cc(F)cc(Br)c1)C(C)C. The molecule has 0 aliphatic heterocycles. The van der Waals surface area contributed by atoms with E-state index in [1.54, 1.807) is 13.2 Å². The third kappa shape index (κ3) is 5.15. The van der Waals surface area contributed by atoms with E-state index in [0.717, 1.165) is 23.1 Å². The summed E-state index contributed by atoms with van der Waals surface area (Å²) in [6.45, 7) is 6.53. The first kappa shape index (κ1) is 14.6. The number of nitrogens with zero attached hydrogens (tertiary/aromatic N) is 1. The van der Waals surface area contributed by atoms with Crippen molar-refractivity contribution in [3.63, 3.8) is 0 Å². The maximum atomic E-state index is 13.3. The van der Waals surface area contributed by atoms with Crippen molar-refractivity contribution in [3.8, 4) is 0 Å². The van der Waals surface area contributed by atoms with E-state index >= 15 is 0 Å². The Bertz CT molecular complexity index is 337. The van der Waals surface area contributed by atoms with Crippen LogP contribution < -0.4 is 0 Å². The van der Waals surface area contributed by atoms with Gasteiger partial charge in [-0.3, -0.25) is 4.90 Å². The van der Waals surface area contributed by atoms with E-state index in [1.807, 2.05) is 6.07 Å². The molecule has 17 heavy (non-hydrogen) atoms. The molecule has 4 heteroatoms. The van der Waals surface area contributed by atoms with Crippen LogP contribution in [0.4, 0.5) is 4.39 Å². The van der Waals surface area contributed by atoms with E-state index in [1.165, 1.54) is 6.07 Å². The van der Waals surface area contributed by atoms with Crippen molar-refractivity contribution < 1.29 is 9.13 Å². The molecule has 0 spiro atoms. The summed E-state index contributed by atoms with van der Waals surface area (Å²) in [6.07, 6.45) is 0. The average Bonchev–Trinajstić information content (AvgIpc) is 2.22. The normalized spacial score (nSPS) is 11.5. The molecular formula is C13H19BrFNO. The fourth-order valence-corrected chi connectivity index (χ4v) is 2.18. The minimum absolute atomic E-state index is 0.204. The van der Waals surface area contributed by atoms with Gasteiger partial charge in [0.25, 0.3) is 0 Å². The molecule has 96 valence electrons. The summed E-state index contributed by atoms with van der Waals surface area (Å²) in [5.41, 5.74) is 0.974. The fraction of sp³-hybridized carbons (Fsp3) is 0.538. The lowest BCUT2D eigenvalue weighted by Crippen LogP contribution is -2.33. The molecule has 1 aromatic carbocycles. The minimum Gasteiger partial charge on any atom is -0.383 e. The number of benzene rings is 1. The first-order valence-corrected chi connectivity index (χ1v) is 6.50. The van der Waals surface area contributed by atoms with E-state index in [-0.39, 0.29) is 5.82 Å². The molecule has 0 saturated carbocycles. The van der Waals surface area contributed by atoms with Gasteiger partial charge in [0.1, 0.15) is 5.82 Å². The smallest absolute Gasteiger partial charge is 0.124 e. The van der Waals surface area contributed by atoms with E-state index in [2.05, 4.69) is 34.7 Å². The zero-order chi connectivity index (χ0) is 12.8. The molecule has 1 rings (SSSR count). The molecule has 0 N–H and O–H groups in total. The molecule has 0 saturated heterocycles. The van der Waals surface area contributed by atoms with Crippen LogP contribution in [0.5, 0.6) is 0 Å². The molecule has 0 atom stereocenters. The van der Waals surface area contributed by atoms with E-state index in [0.29, 0.717) is 12.6 Å². The molecular weight excluding hydrogens is 285 g/mol. The lowest BCUT2D eigenvalue weighted by molar-refractivity contribution is 0.125. The van der Waals surface area contributed by atoms with Crippen molar-refractivity contribution >= 4 is 15.9 Å². The predicted octanol–water partition coefficient (Wildman–Crippen LogP) is 3.45. The van der Waals surface area contributed by atoms with Crippen molar-refractivity contribution in [2.45, 2.75) is 26.4 Å². The summed E-state index contributed by atoms with van der Waals surface area (Å²) in [7, 11) is 1.69. The van der Waals surface area contributed by atoms with Gasteiger partial charge in [-0.15, -0.1) is 0 Å². The Morgan fingerprint density at radius 1 is 1.35 bits per heavy atom. The van der Waals surface area contributed by atoms with Crippen LogP contribution in [-0.4, -0.2) is 31.2 Å². The van der Waals surface area contributed by atoms with Crippen LogP contribution in [0.25, 0.3) is 0 Å². The van der Waals surface area contributed by atoms with Gasteiger partial charge in [0.05, 0.1) is 6.61 Å². The average molecular weight is 304 g/mol. The number of hydrogen-bond donors (Lipinski definition) is 0. The number of methoxy groups -OCH3 is 1. The van der Waals surface area contributed by atoms with Gasteiger partial charge in [-0.1, -0.05) is 15.9 Å². The molecule has 2 nitrogen and oxygen atoms in total. The van der Waals surface area contributed by atoms with Gasteiger partial charge >= 0.3 is 0 Å². The molecule has 0 aliphatic rings. The molecule has 1 aromatic rings. The Morgan fingerprint density at radius 3 is 2.59 bits per heavy atom. The summed E-state index contributed by atoms with van der Waals surface area (Å²) in [5.74, 6) is -0.204. The highest BCUT2D eigenvalue weighted by Gasteiger charge is 2.10. The predicted molar refractivity (Wildman–Crippen MR) is 71.5 cm³/mol. The maximum absolute atomic E-state index is 13.3. The summed E-state index contributed by atoms with van der Waals surface area (Å²) >= 11 is 3.31. The van der Waals surface area contributed by atoms with Gasteiger partial charge in [-0.2, -0.15) is 0 Å². The van der Waals surface area contributed by atoms with E-state index in [9.17, 15) is 4.39 Å². The Hall–Kier alpha value is -0.450. The van der Waals surface area contributed by atoms with Crippen LogP contribution in [0.2, 0.25) is 0 Å². The Labute approximate surface area is 111 Å². The number of rotatable bonds is 6. The third-order valence-corrected chi connectivity index (χ3v) is 3.08. The van der Waals surface area contributed by atoms with Crippen LogP contribution in [0.15, 0.2) is 22.7 Å². The molecule has 0 heterocycles. The zero-order valence-electron chi connectivity index (χ0n) is 10.5. The second kappa shape index (κ2) is 7.09. The third-order valence-electron chi connectivity index (χ3n) is 2.62. The van der Waals surface area contributed by atoms with Crippen LogP contribution in [0, 0.1) is 5.82 Å². The molecule has 0 fully saturated rings. The largest absolute Gasteiger partial charge is 0.383 e. The van der Waals surface area contributed by atoms with Crippen molar-refractivity contribution in [1.82, 2.24) is 4.90 Å². The maximum Gasteiger partial charge on any atom is 0.124 e. The highest BCUT2D eigenvalue weighted by molar-refractivity contribution is 9.10. The van der Waals surface area contributed by atoms with Gasteiger partial charge in [-0.25, -0.2) is 4.39 Å². The second-order valence-corrected chi connectivity index (χ2v) is 5.25. The highest BCUT2D eigenvalue weighted by Crippen LogP contribution is 2.17. The summed E-state index contributed by atoms with van der Waals surface area (Å²) in [6, 6.07) is 5.41.